The first kappa shape index (κ1) is 26.2. The van der Waals surface area contributed by atoms with Crippen molar-refractivity contribution in [3.63, 3.8) is 0 Å². The van der Waals surface area contributed by atoms with Crippen LogP contribution in [-0.2, 0) is 4.74 Å². The zero-order valence-corrected chi connectivity index (χ0v) is 20.5. The van der Waals surface area contributed by atoms with Gasteiger partial charge >= 0.3 is 0 Å². The molecule has 0 saturated heterocycles. The zero-order chi connectivity index (χ0) is 24.0. The number of unbranched alkanes of at least 4 members (excludes halogenated alkanes) is 11. The molecule has 0 spiro atoms. The summed E-state index contributed by atoms with van der Waals surface area (Å²) in [4.78, 5) is 4.39. The molecule has 0 saturated carbocycles. The smallest absolute Gasteiger partial charge is 0.222 e. The van der Waals surface area contributed by atoms with Crippen LogP contribution in [0.15, 0.2) is 47.5 Å². The maximum Gasteiger partial charge on any atom is 0.222 e. The van der Waals surface area contributed by atoms with Gasteiger partial charge in [0, 0.05) is 0 Å². The van der Waals surface area contributed by atoms with Crippen LogP contribution < -0.4 is 4.74 Å². The van der Waals surface area contributed by atoms with Crippen molar-refractivity contribution in [2.24, 2.45) is 4.99 Å². The normalized spacial score (nSPS) is 15.3. The molecule has 0 amide bonds. The summed E-state index contributed by atoms with van der Waals surface area (Å²) in [5.74, 6) is -0.482. The van der Waals surface area contributed by atoms with Crippen LogP contribution in [0.4, 0.5) is 8.78 Å². The molecular weight excluding hydrogens is 432 g/mol. The van der Waals surface area contributed by atoms with Gasteiger partial charge in [-0.15, -0.1) is 0 Å². The van der Waals surface area contributed by atoms with E-state index in [0.717, 1.165) is 24.3 Å². The van der Waals surface area contributed by atoms with Crippen LogP contribution in [0.1, 0.15) is 101 Å². The maximum absolute atomic E-state index is 14.0. The largest absolute Gasteiger partial charge is 0.494 e. The molecule has 1 atom stereocenters. The van der Waals surface area contributed by atoms with Gasteiger partial charge in [-0.2, -0.15) is 0 Å². The highest BCUT2D eigenvalue weighted by Gasteiger charge is 2.26. The summed E-state index contributed by atoms with van der Waals surface area (Å²) in [5.41, 5.74) is 0.733. The quantitative estimate of drug-likeness (QED) is 0.230. The first-order chi connectivity index (χ1) is 16.7. The summed E-state index contributed by atoms with van der Waals surface area (Å²) in [7, 11) is 0. The Morgan fingerprint density at radius 1 is 0.794 bits per heavy atom. The number of hydrogen-bond acceptors (Lipinski definition) is 3. The number of halogens is 2. The number of aliphatic imine (C=N–C) groups is 1. The first-order valence-corrected chi connectivity index (χ1v) is 13.1. The lowest BCUT2D eigenvalue weighted by Crippen LogP contribution is -2.07. The van der Waals surface area contributed by atoms with Gasteiger partial charge in [-0.3, -0.25) is 0 Å². The Morgan fingerprint density at radius 2 is 1.35 bits per heavy atom. The van der Waals surface area contributed by atoms with Crippen LogP contribution >= 0.6 is 0 Å². The highest BCUT2D eigenvalue weighted by molar-refractivity contribution is 5.95. The van der Waals surface area contributed by atoms with Gasteiger partial charge in [-0.1, -0.05) is 95.8 Å². The average molecular weight is 472 g/mol. The second-order valence-electron chi connectivity index (χ2n) is 9.16. The van der Waals surface area contributed by atoms with E-state index in [1.807, 2.05) is 24.3 Å². The molecule has 2 aromatic carbocycles. The van der Waals surface area contributed by atoms with Crippen LogP contribution in [0.5, 0.6) is 5.75 Å². The van der Waals surface area contributed by atoms with Gasteiger partial charge in [0.1, 0.15) is 35.6 Å². The molecule has 2 aromatic rings. The van der Waals surface area contributed by atoms with Gasteiger partial charge in [0.05, 0.1) is 6.61 Å². The molecule has 0 bridgehead atoms. The Hall–Kier alpha value is -2.43. The lowest BCUT2D eigenvalue weighted by atomic mass is 10.1. The summed E-state index contributed by atoms with van der Waals surface area (Å²) in [5, 5.41) is 0. The van der Waals surface area contributed by atoms with E-state index in [-0.39, 0.29) is 24.1 Å². The number of benzene rings is 2. The van der Waals surface area contributed by atoms with Crippen LogP contribution in [0.2, 0.25) is 0 Å². The van der Waals surface area contributed by atoms with Crippen molar-refractivity contribution < 1.29 is 18.3 Å². The summed E-state index contributed by atoms with van der Waals surface area (Å²) < 4.78 is 39.3. The predicted octanol–water partition coefficient (Wildman–Crippen LogP) is 8.56. The molecule has 1 unspecified atom stereocenters. The molecule has 5 heteroatoms. The molecule has 0 fully saturated rings. The standard InChI is InChI=1S/C29H39F2NO2/c1-2-3-4-5-6-7-8-9-10-11-12-13-21-33-24-19-17-23(18-20-24)27-22-34-29(32-27)28-25(30)15-14-16-26(28)31/h14-20,27H,2-13,21-22H2,1H3. The second-order valence-corrected chi connectivity index (χ2v) is 9.16. The third kappa shape index (κ3) is 8.41. The van der Waals surface area contributed by atoms with Crippen LogP contribution in [0.25, 0.3) is 0 Å². The summed E-state index contributed by atoms with van der Waals surface area (Å²) in [6.07, 6.45) is 15.9. The Balaban J connectivity index is 1.29. The number of nitrogens with zero attached hydrogens (tertiary/aromatic N) is 1. The van der Waals surface area contributed by atoms with E-state index in [1.165, 1.54) is 88.8 Å². The Labute approximate surface area is 203 Å². The molecule has 1 aliphatic heterocycles. The molecule has 1 aliphatic rings. The summed E-state index contributed by atoms with van der Waals surface area (Å²) >= 11 is 0. The SMILES string of the molecule is CCCCCCCCCCCCCCOc1ccc(C2COC(c3c(F)cccc3F)=N2)cc1. The van der Waals surface area contributed by atoms with Crippen molar-refractivity contribution in [3.8, 4) is 5.75 Å². The van der Waals surface area contributed by atoms with Crippen molar-refractivity contribution in [1.82, 2.24) is 0 Å². The minimum Gasteiger partial charge on any atom is -0.494 e. The van der Waals surface area contributed by atoms with E-state index in [4.69, 9.17) is 9.47 Å². The fourth-order valence-corrected chi connectivity index (χ4v) is 4.30. The molecule has 1 heterocycles. The second kappa shape index (κ2) is 14.7. The highest BCUT2D eigenvalue weighted by atomic mass is 19.1. The molecule has 0 radical (unpaired) electrons. The van der Waals surface area contributed by atoms with Crippen LogP contribution in [0, 0.1) is 11.6 Å². The van der Waals surface area contributed by atoms with Crippen molar-refractivity contribution in [3.05, 3.63) is 65.2 Å². The van der Waals surface area contributed by atoms with Crippen molar-refractivity contribution >= 4 is 5.90 Å². The summed E-state index contributed by atoms with van der Waals surface area (Å²) in [6, 6.07) is 11.2. The molecule has 3 rings (SSSR count). The third-order valence-electron chi connectivity index (χ3n) is 6.36. The Morgan fingerprint density at radius 3 is 1.94 bits per heavy atom. The van der Waals surface area contributed by atoms with Crippen molar-refractivity contribution in [2.75, 3.05) is 13.2 Å². The van der Waals surface area contributed by atoms with Crippen molar-refractivity contribution in [2.45, 2.75) is 90.0 Å². The minimum atomic E-state index is -0.666. The number of ether oxygens (including phenoxy) is 2. The van der Waals surface area contributed by atoms with E-state index in [1.54, 1.807) is 0 Å². The average Bonchev–Trinajstić information content (AvgIpc) is 3.32. The molecule has 3 nitrogen and oxygen atoms in total. The predicted molar refractivity (Wildman–Crippen MR) is 135 cm³/mol. The fraction of sp³-hybridized carbons (Fsp3) is 0.552. The monoisotopic (exact) mass is 471 g/mol. The van der Waals surface area contributed by atoms with Crippen LogP contribution in [0.3, 0.4) is 0 Å². The molecular formula is C29H39F2NO2. The van der Waals surface area contributed by atoms with Gasteiger partial charge in [0.2, 0.25) is 5.90 Å². The van der Waals surface area contributed by atoms with E-state index in [0.29, 0.717) is 0 Å². The zero-order valence-electron chi connectivity index (χ0n) is 20.5. The van der Waals surface area contributed by atoms with Gasteiger partial charge in [-0.05, 0) is 36.2 Å². The number of hydrogen-bond donors (Lipinski definition) is 0. The number of rotatable bonds is 16. The fourth-order valence-electron chi connectivity index (χ4n) is 4.30. The Kier molecular flexibility index (Phi) is 11.4. The van der Waals surface area contributed by atoms with E-state index in [9.17, 15) is 8.78 Å². The molecule has 0 N–H and O–H groups in total. The van der Waals surface area contributed by atoms with Crippen LogP contribution in [-0.4, -0.2) is 19.1 Å². The molecule has 0 aliphatic carbocycles. The van der Waals surface area contributed by atoms with Gasteiger partial charge in [-0.25, -0.2) is 13.8 Å². The van der Waals surface area contributed by atoms with E-state index < -0.39 is 11.6 Å². The van der Waals surface area contributed by atoms with Gasteiger partial charge in [0.25, 0.3) is 0 Å². The van der Waals surface area contributed by atoms with Gasteiger partial charge < -0.3 is 9.47 Å². The molecule has 186 valence electrons. The maximum atomic E-state index is 14.0. The van der Waals surface area contributed by atoms with Crippen molar-refractivity contribution in [1.29, 1.82) is 0 Å². The third-order valence-corrected chi connectivity index (χ3v) is 6.36. The lowest BCUT2D eigenvalue weighted by Gasteiger charge is -2.09. The van der Waals surface area contributed by atoms with Gasteiger partial charge in [0.15, 0.2) is 0 Å². The van der Waals surface area contributed by atoms with E-state index in [2.05, 4.69) is 11.9 Å². The first-order valence-electron chi connectivity index (χ1n) is 13.1. The minimum absolute atomic E-state index is 0.0212. The highest BCUT2D eigenvalue weighted by Crippen LogP contribution is 2.28. The lowest BCUT2D eigenvalue weighted by molar-refractivity contribution is 0.303. The molecule has 34 heavy (non-hydrogen) atoms. The summed E-state index contributed by atoms with van der Waals surface area (Å²) in [6.45, 7) is 3.25. The van der Waals surface area contributed by atoms with E-state index >= 15 is 0 Å². The Bertz CT molecular complexity index is 862. The molecule has 0 aromatic heterocycles. The topological polar surface area (TPSA) is 30.8 Å².